The third-order valence-corrected chi connectivity index (χ3v) is 3.15. The number of rotatable bonds is 3. The predicted octanol–water partition coefficient (Wildman–Crippen LogP) is 2.01. The zero-order chi connectivity index (χ0) is 10.7. The maximum atomic E-state index is 5.57. The van der Waals surface area contributed by atoms with E-state index in [9.17, 15) is 0 Å². The molecule has 0 spiro atoms. The molecule has 2 aromatic heterocycles. The van der Waals surface area contributed by atoms with Crippen LogP contribution in [0.1, 0.15) is 11.4 Å². The number of nitrogens with two attached hydrogens (primary N) is 1. The van der Waals surface area contributed by atoms with Gasteiger partial charge in [0.25, 0.3) is 0 Å². The Bertz CT molecular complexity index is 451. The standard InChI is InChI=1S/C11H13N3S/c1-8-13-6-3-10(14-8)11-9(2-5-12)4-7-15-11/h3-4,6-7H,2,5,12H2,1H3. The van der Waals surface area contributed by atoms with Gasteiger partial charge in [-0.1, -0.05) is 0 Å². The summed E-state index contributed by atoms with van der Waals surface area (Å²) in [5.41, 5.74) is 7.85. The minimum Gasteiger partial charge on any atom is -0.330 e. The van der Waals surface area contributed by atoms with Crippen molar-refractivity contribution in [2.75, 3.05) is 6.54 Å². The Kier molecular flexibility index (Phi) is 3.08. The summed E-state index contributed by atoms with van der Waals surface area (Å²) in [5.74, 6) is 0.805. The van der Waals surface area contributed by atoms with Gasteiger partial charge in [0.2, 0.25) is 0 Å². The summed E-state index contributed by atoms with van der Waals surface area (Å²) in [6.07, 6.45) is 2.70. The van der Waals surface area contributed by atoms with Gasteiger partial charge in [-0.2, -0.15) is 0 Å². The zero-order valence-electron chi connectivity index (χ0n) is 8.60. The predicted molar refractivity (Wildman–Crippen MR) is 62.8 cm³/mol. The summed E-state index contributed by atoms with van der Waals surface area (Å²) < 4.78 is 0. The second-order valence-corrected chi connectivity index (χ2v) is 4.22. The topological polar surface area (TPSA) is 51.8 Å². The number of aryl methyl sites for hydroxylation is 1. The molecule has 0 bridgehead atoms. The maximum Gasteiger partial charge on any atom is 0.125 e. The molecule has 2 aromatic rings. The van der Waals surface area contributed by atoms with E-state index in [1.165, 1.54) is 10.4 Å². The van der Waals surface area contributed by atoms with Crippen LogP contribution in [0.5, 0.6) is 0 Å². The lowest BCUT2D eigenvalue weighted by atomic mass is 10.1. The van der Waals surface area contributed by atoms with Crippen molar-refractivity contribution >= 4 is 11.3 Å². The van der Waals surface area contributed by atoms with E-state index in [-0.39, 0.29) is 0 Å². The normalized spacial score (nSPS) is 10.5. The van der Waals surface area contributed by atoms with Crippen LogP contribution in [0.15, 0.2) is 23.7 Å². The molecule has 78 valence electrons. The molecule has 2 heterocycles. The average Bonchev–Trinajstić information content (AvgIpc) is 2.66. The fraction of sp³-hybridized carbons (Fsp3) is 0.273. The van der Waals surface area contributed by atoms with Gasteiger partial charge in [0.05, 0.1) is 10.6 Å². The summed E-state index contributed by atoms with van der Waals surface area (Å²) in [4.78, 5) is 9.73. The molecular weight excluding hydrogens is 206 g/mol. The lowest BCUT2D eigenvalue weighted by Crippen LogP contribution is -2.02. The molecule has 15 heavy (non-hydrogen) atoms. The van der Waals surface area contributed by atoms with Crippen LogP contribution in [-0.2, 0) is 6.42 Å². The van der Waals surface area contributed by atoms with E-state index in [1.807, 2.05) is 13.0 Å². The van der Waals surface area contributed by atoms with Crippen molar-refractivity contribution in [1.82, 2.24) is 9.97 Å². The van der Waals surface area contributed by atoms with Crippen molar-refractivity contribution in [3.63, 3.8) is 0 Å². The van der Waals surface area contributed by atoms with Crippen LogP contribution in [0.2, 0.25) is 0 Å². The molecule has 0 aliphatic rings. The maximum absolute atomic E-state index is 5.57. The summed E-state index contributed by atoms with van der Waals surface area (Å²) in [6, 6.07) is 4.06. The van der Waals surface area contributed by atoms with Crippen LogP contribution in [0.4, 0.5) is 0 Å². The van der Waals surface area contributed by atoms with Crippen molar-refractivity contribution in [2.45, 2.75) is 13.3 Å². The van der Waals surface area contributed by atoms with Crippen LogP contribution < -0.4 is 5.73 Å². The number of nitrogens with zero attached hydrogens (tertiary/aromatic N) is 2. The fourth-order valence-corrected chi connectivity index (χ4v) is 2.42. The highest BCUT2D eigenvalue weighted by molar-refractivity contribution is 7.13. The third-order valence-electron chi connectivity index (χ3n) is 2.17. The van der Waals surface area contributed by atoms with Crippen molar-refractivity contribution in [2.24, 2.45) is 5.73 Å². The van der Waals surface area contributed by atoms with E-state index >= 15 is 0 Å². The Morgan fingerprint density at radius 1 is 1.40 bits per heavy atom. The second-order valence-electron chi connectivity index (χ2n) is 3.30. The van der Waals surface area contributed by atoms with Gasteiger partial charge >= 0.3 is 0 Å². The molecule has 0 aliphatic carbocycles. The van der Waals surface area contributed by atoms with E-state index in [2.05, 4.69) is 21.4 Å². The van der Waals surface area contributed by atoms with Gasteiger partial charge in [-0.25, -0.2) is 9.97 Å². The highest BCUT2D eigenvalue weighted by atomic mass is 32.1. The summed E-state index contributed by atoms with van der Waals surface area (Å²) in [5, 5.41) is 2.08. The minimum atomic E-state index is 0.674. The van der Waals surface area contributed by atoms with E-state index in [0.717, 1.165) is 17.9 Å². The molecule has 0 fully saturated rings. The monoisotopic (exact) mass is 219 g/mol. The molecule has 0 radical (unpaired) electrons. The Hall–Kier alpha value is -1.26. The molecule has 0 aromatic carbocycles. The molecular formula is C11H13N3S. The van der Waals surface area contributed by atoms with Gasteiger partial charge in [-0.15, -0.1) is 11.3 Å². The van der Waals surface area contributed by atoms with Crippen LogP contribution >= 0.6 is 11.3 Å². The third kappa shape index (κ3) is 2.22. The first-order valence-corrected chi connectivity index (χ1v) is 5.75. The zero-order valence-corrected chi connectivity index (χ0v) is 9.42. The molecule has 0 saturated carbocycles. The van der Waals surface area contributed by atoms with Gasteiger partial charge in [0.15, 0.2) is 0 Å². The first-order valence-electron chi connectivity index (χ1n) is 4.87. The van der Waals surface area contributed by atoms with Crippen LogP contribution in [0.3, 0.4) is 0 Å². The number of hydrogen-bond donors (Lipinski definition) is 1. The highest BCUT2D eigenvalue weighted by Gasteiger charge is 2.07. The van der Waals surface area contributed by atoms with E-state index in [1.54, 1.807) is 17.5 Å². The Labute approximate surface area is 93.0 Å². The molecule has 0 aliphatic heterocycles. The molecule has 2 N–H and O–H groups in total. The largest absolute Gasteiger partial charge is 0.330 e. The number of thiophene rings is 1. The summed E-state index contributed by atoms with van der Waals surface area (Å²) >= 11 is 1.71. The first kappa shape index (κ1) is 10.3. The average molecular weight is 219 g/mol. The van der Waals surface area contributed by atoms with Crippen molar-refractivity contribution in [3.05, 3.63) is 35.1 Å². The quantitative estimate of drug-likeness (QED) is 0.859. The van der Waals surface area contributed by atoms with Crippen LogP contribution in [0.25, 0.3) is 10.6 Å². The van der Waals surface area contributed by atoms with Crippen LogP contribution in [0, 0.1) is 6.92 Å². The van der Waals surface area contributed by atoms with E-state index < -0.39 is 0 Å². The SMILES string of the molecule is Cc1nccc(-c2sccc2CCN)n1. The lowest BCUT2D eigenvalue weighted by Gasteiger charge is -2.02. The van der Waals surface area contributed by atoms with E-state index in [0.29, 0.717) is 6.54 Å². The smallest absolute Gasteiger partial charge is 0.125 e. The first-order chi connectivity index (χ1) is 7.31. The van der Waals surface area contributed by atoms with E-state index in [4.69, 9.17) is 5.73 Å². The number of aromatic nitrogens is 2. The van der Waals surface area contributed by atoms with Crippen LogP contribution in [-0.4, -0.2) is 16.5 Å². The minimum absolute atomic E-state index is 0.674. The molecule has 0 atom stereocenters. The summed E-state index contributed by atoms with van der Waals surface area (Å²) in [7, 11) is 0. The number of hydrogen-bond acceptors (Lipinski definition) is 4. The lowest BCUT2D eigenvalue weighted by molar-refractivity contribution is 0.972. The molecule has 3 nitrogen and oxygen atoms in total. The van der Waals surface area contributed by atoms with Crippen molar-refractivity contribution in [3.8, 4) is 10.6 Å². The Balaban J connectivity index is 2.40. The van der Waals surface area contributed by atoms with Crippen molar-refractivity contribution < 1.29 is 0 Å². The summed E-state index contributed by atoms with van der Waals surface area (Å²) in [6.45, 7) is 2.58. The Morgan fingerprint density at radius 2 is 2.27 bits per heavy atom. The molecule has 4 heteroatoms. The van der Waals surface area contributed by atoms with Gasteiger partial charge in [-0.05, 0) is 43.0 Å². The molecule has 0 amide bonds. The second kappa shape index (κ2) is 4.51. The molecule has 2 rings (SSSR count). The van der Waals surface area contributed by atoms with Gasteiger partial charge in [0, 0.05) is 6.20 Å². The van der Waals surface area contributed by atoms with Gasteiger partial charge < -0.3 is 5.73 Å². The molecule has 0 saturated heterocycles. The van der Waals surface area contributed by atoms with Gasteiger partial charge in [0.1, 0.15) is 5.82 Å². The Morgan fingerprint density at radius 3 is 3.00 bits per heavy atom. The highest BCUT2D eigenvalue weighted by Crippen LogP contribution is 2.27. The van der Waals surface area contributed by atoms with Gasteiger partial charge in [-0.3, -0.25) is 0 Å². The van der Waals surface area contributed by atoms with Crippen molar-refractivity contribution in [1.29, 1.82) is 0 Å². The molecule has 0 unspecified atom stereocenters. The fourth-order valence-electron chi connectivity index (χ4n) is 1.50.